The fourth-order valence-electron chi connectivity index (χ4n) is 2.86. The highest BCUT2D eigenvalue weighted by atomic mass is 16.5. The molecule has 0 bridgehead atoms. The fraction of sp³-hybridized carbons (Fsp3) is 0.933. The fourth-order valence-corrected chi connectivity index (χ4v) is 2.86. The molecule has 1 fully saturated rings. The zero-order chi connectivity index (χ0) is 15.1. The van der Waals surface area contributed by atoms with E-state index in [-0.39, 0.29) is 17.9 Å². The van der Waals surface area contributed by atoms with E-state index in [1.807, 2.05) is 0 Å². The van der Waals surface area contributed by atoms with Gasteiger partial charge in [-0.25, -0.2) is 0 Å². The number of methoxy groups -OCH3 is 1. The number of ether oxygens (including phenoxy) is 1. The molecule has 4 N–H and O–H groups in total. The molecule has 0 radical (unpaired) electrons. The Bertz CT molecular complexity index is 299. The Labute approximate surface area is 122 Å². The van der Waals surface area contributed by atoms with E-state index in [1.54, 1.807) is 14.0 Å². The second-order valence-electron chi connectivity index (χ2n) is 6.46. The van der Waals surface area contributed by atoms with Crippen molar-refractivity contribution in [3.05, 3.63) is 0 Å². The summed E-state index contributed by atoms with van der Waals surface area (Å²) < 4.78 is 4.95. The minimum absolute atomic E-state index is 0.00459. The van der Waals surface area contributed by atoms with Crippen LogP contribution in [0.15, 0.2) is 0 Å². The average molecular weight is 286 g/mol. The molecule has 0 aromatic heterocycles. The third-order valence-corrected chi connectivity index (χ3v) is 4.39. The van der Waals surface area contributed by atoms with Gasteiger partial charge in [-0.05, 0) is 31.7 Å². The minimum Gasteiger partial charge on any atom is -0.388 e. The van der Waals surface area contributed by atoms with Gasteiger partial charge in [0, 0.05) is 33.1 Å². The van der Waals surface area contributed by atoms with Gasteiger partial charge in [-0.15, -0.1) is 0 Å². The molecule has 1 saturated carbocycles. The highest BCUT2D eigenvalue weighted by molar-refractivity contribution is 5.76. The van der Waals surface area contributed by atoms with E-state index in [2.05, 4.69) is 5.32 Å². The van der Waals surface area contributed by atoms with Gasteiger partial charge >= 0.3 is 0 Å². The quantitative estimate of drug-likeness (QED) is 0.626. The molecule has 1 unspecified atom stereocenters. The van der Waals surface area contributed by atoms with Crippen molar-refractivity contribution in [2.45, 2.75) is 57.5 Å². The summed E-state index contributed by atoms with van der Waals surface area (Å²) in [5.74, 6) is -0.00459. The molecule has 1 aliphatic carbocycles. The van der Waals surface area contributed by atoms with Crippen molar-refractivity contribution in [2.24, 2.45) is 11.1 Å². The molecule has 118 valence electrons. The lowest BCUT2D eigenvalue weighted by Gasteiger charge is -2.36. The van der Waals surface area contributed by atoms with Crippen molar-refractivity contribution in [2.75, 3.05) is 26.8 Å². The van der Waals surface area contributed by atoms with Gasteiger partial charge < -0.3 is 20.9 Å². The van der Waals surface area contributed by atoms with Crippen LogP contribution in [0.25, 0.3) is 0 Å². The molecule has 0 spiro atoms. The first kappa shape index (κ1) is 17.4. The van der Waals surface area contributed by atoms with Crippen molar-refractivity contribution in [3.8, 4) is 0 Å². The number of carbonyl (C=O) groups excluding carboxylic acids is 1. The molecular weight excluding hydrogens is 256 g/mol. The minimum atomic E-state index is -0.923. The van der Waals surface area contributed by atoms with Crippen LogP contribution in [0.3, 0.4) is 0 Å². The second kappa shape index (κ2) is 7.96. The van der Waals surface area contributed by atoms with Gasteiger partial charge in [0.1, 0.15) is 0 Å². The first-order chi connectivity index (χ1) is 9.43. The lowest BCUT2D eigenvalue weighted by molar-refractivity contribution is -0.125. The Balaban J connectivity index is 2.38. The van der Waals surface area contributed by atoms with Crippen LogP contribution in [0.5, 0.6) is 0 Å². The van der Waals surface area contributed by atoms with Crippen LogP contribution in [0.4, 0.5) is 0 Å². The molecule has 1 atom stereocenters. The summed E-state index contributed by atoms with van der Waals surface area (Å²) in [5, 5.41) is 12.9. The van der Waals surface area contributed by atoms with Gasteiger partial charge in [-0.3, -0.25) is 4.79 Å². The molecule has 5 heteroatoms. The van der Waals surface area contributed by atoms with E-state index >= 15 is 0 Å². The van der Waals surface area contributed by atoms with Crippen molar-refractivity contribution in [1.82, 2.24) is 5.32 Å². The van der Waals surface area contributed by atoms with Crippen LogP contribution in [-0.4, -0.2) is 43.4 Å². The summed E-state index contributed by atoms with van der Waals surface area (Å²) in [5.41, 5.74) is 4.94. The Morgan fingerprint density at radius 1 is 1.40 bits per heavy atom. The van der Waals surface area contributed by atoms with Gasteiger partial charge in [0.05, 0.1) is 5.60 Å². The number of hydrogen-bond donors (Lipinski definition) is 3. The van der Waals surface area contributed by atoms with Gasteiger partial charge in [0.2, 0.25) is 5.91 Å². The van der Waals surface area contributed by atoms with E-state index in [0.717, 1.165) is 25.7 Å². The van der Waals surface area contributed by atoms with Gasteiger partial charge in [0.15, 0.2) is 0 Å². The standard InChI is InChI=1S/C15H30N2O3/c1-14(19,8-9-20-2)12-17-13(18)10-15(11-16)6-4-3-5-7-15/h19H,3-12,16H2,1-2H3,(H,17,18). The summed E-state index contributed by atoms with van der Waals surface area (Å²) in [4.78, 5) is 12.1. The number of amides is 1. The Hall–Kier alpha value is -0.650. The lowest BCUT2D eigenvalue weighted by Crippen LogP contribution is -2.44. The van der Waals surface area contributed by atoms with Crippen molar-refractivity contribution in [1.29, 1.82) is 0 Å². The first-order valence-corrected chi connectivity index (χ1v) is 7.61. The maximum atomic E-state index is 12.1. The van der Waals surface area contributed by atoms with E-state index in [4.69, 9.17) is 10.5 Å². The first-order valence-electron chi connectivity index (χ1n) is 7.61. The normalized spacial score (nSPS) is 21.2. The van der Waals surface area contributed by atoms with E-state index in [1.165, 1.54) is 6.42 Å². The van der Waals surface area contributed by atoms with Crippen molar-refractivity contribution in [3.63, 3.8) is 0 Å². The molecule has 5 nitrogen and oxygen atoms in total. The maximum Gasteiger partial charge on any atom is 0.220 e. The van der Waals surface area contributed by atoms with E-state index in [0.29, 0.717) is 26.0 Å². The second-order valence-corrected chi connectivity index (χ2v) is 6.46. The van der Waals surface area contributed by atoms with Crippen LogP contribution >= 0.6 is 0 Å². The summed E-state index contributed by atoms with van der Waals surface area (Å²) in [7, 11) is 1.60. The van der Waals surface area contributed by atoms with Crippen molar-refractivity contribution >= 4 is 5.91 Å². The van der Waals surface area contributed by atoms with E-state index in [9.17, 15) is 9.90 Å². The molecule has 0 aliphatic heterocycles. The van der Waals surface area contributed by atoms with E-state index < -0.39 is 5.60 Å². The Morgan fingerprint density at radius 2 is 2.05 bits per heavy atom. The largest absolute Gasteiger partial charge is 0.388 e. The Kier molecular flexibility index (Phi) is 6.92. The Morgan fingerprint density at radius 3 is 2.60 bits per heavy atom. The van der Waals surface area contributed by atoms with Gasteiger partial charge in [-0.2, -0.15) is 0 Å². The number of nitrogens with one attached hydrogen (secondary N) is 1. The smallest absolute Gasteiger partial charge is 0.220 e. The zero-order valence-electron chi connectivity index (χ0n) is 12.9. The number of rotatable bonds is 8. The number of carbonyl (C=O) groups is 1. The summed E-state index contributed by atoms with van der Waals surface area (Å²) >= 11 is 0. The summed E-state index contributed by atoms with van der Waals surface area (Å²) in [6.45, 7) is 3.03. The maximum absolute atomic E-state index is 12.1. The molecular formula is C15H30N2O3. The summed E-state index contributed by atoms with van der Waals surface area (Å²) in [6.07, 6.45) is 6.63. The number of aliphatic hydroxyl groups is 1. The molecule has 0 heterocycles. The molecule has 0 aromatic carbocycles. The van der Waals surface area contributed by atoms with Crippen LogP contribution in [0.1, 0.15) is 51.9 Å². The third kappa shape index (κ3) is 5.77. The number of nitrogens with two attached hydrogens (primary N) is 1. The van der Waals surface area contributed by atoms with Crippen LogP contribution in [0.2, 0.25) is 0 Å². The molecule has 1 aliphatic rings. The summed E-state index contributed by atoms with van der Waals surface area (Å²) in [6, 6.07) is 0. The van der Waals surface area contributed by atoms with Gasteiger partial charge in [0.25, 0.3) is 0 Å². The van der Waals surface area contributed by atoms with Crippen molar-refractivity contribution < 1.29 is 14.6 Å². The number of hydrogen-bond acceptors (Lipinski definition) is 4. The molecule has 1 amide bonds. The van der Waals surface area contributed by atoms with Gasteiger partial charge in [-0.1, -0.05) is 19.3 Å². The predicted molar refractivity (Wildman–Crippen MR) is 79.3 cm³/mol. The highest BCUT2D eigenvalue weighted by Gasteiger charge is 2.33. The zero-order valence-corrected chi connectivity index (χ0v) is 12.9. The lowest BCUT2D eigenvalue weighted by atomic mass is 9.71. The SMILES string of the molecule is COCCC(C)(O)CNC(=O)CC1(CN)CCCCC1. The predicted octanol–water partition coefficient (Wildman–Crippen LogP) is 1.19. The average Bonchev–Trinajstić information content (AvgIpc) is 2.44. The topological polar surface area (TPSA) is 84.6 Å². The van der Waals surface area contributed by atoms with Crippen LogP contribution in [-0.2, 0) is 9.53 Å². The highest BCUT2D eigenvalue weighted by Crippen LogP contribution is 2.38. The molecule has 0 aromatic rings. The monoisotopic (exact) mass is 286 g/mol. The third-order valence-electron chi connectivity index (χ3n) is 4.39. The van der Waals surface area contributed by atoms with Crippen LogP contribution in [0, 0.1) is 5.41 Å². The molecule has 0 saturated heterocycles. The molecule has 1 rings (SSSR count). The van der Waals surface area contributed by atoms with Crippen LogP contribution < -0.4 is 11.1 Å². The molecule has 20 heavy (non-hydrogen) atoms.